The standard InChI is InChI=1S/C21H25ClFNO2/c1-25-20-9-5-6-15(13-24-18-7-3-2-4-8-18)21(20)26-14-16-10-11-17(23)12-19(16)22/h5-6,9-12,18,24H,2-4,7-8,13-14H2,1H3. The molecule has 5 heteroatoms. The van der Waals surface area contributed by atoms with Crippen molar-refractivity contribution in [3.8, 4) is 11.5 Å². The Labute approximate surface area is 159 Å². The molecule has 0 atom stereocenters. The van der Waals surface area contributed by atoms with E-state index in [0.717, 1.165) is 17.7 Å². The topological polar surface area (TPSA) is 30.5 Å². The highest BCUT2D eigenvalue weighted by molar-refractivity contribution is 6.31. The molecular formula is C21H25ClFNO2. The van der Waals surface area contributed by atoms with Gasteiger partial charge in [-0.25, -0.2) is 4.39 Å². The Morgan fingerprint density at radius 3 is 2.65 bits per heavy atom. The first kappa shape index (κ1) is 19.0. The molecule has 0 bridgehead atoms. The van der Waals surface area contributed by atoms with E-state index in [9.17, 15) is 4.39 Å². The molecule has 0 spiro atoms. The van der Waals surface area contributed by atoms with Crippen molar-refractivity contribution in [2.45, 2.75) is 51.3 Å². The summed E-state index contributed by atoms with van der Waals surface area (Å²) in [6, 6.07) is 10.8. The maximum absolute atomic E-state index is 13.2. The summed E-state index contributed by atoms with van der Waals surface area (Å²) in [7, 11) is 1.63. The number of halogens is 2. The molecule has 26 heavy (non-hydrogen) atoms. The summed E-state index contributed by atoms with van der Waals surface area (Å²) in [6.07, 6.45) is 6.38. The van der Waals surface area contributed by atoms with Crippen LogP contribution in [0.5, 0.6) is 11.5 Å². The zero-order valence-corrected chi connectivity index (χ0v) is 15.8. The van der Waals surface area contributed by atoms with Gasteiger partial charge in [-0.2, -0.15) is 0 Å². The van der Waals surface area contributed by atoms with Crippen molar-refractivity contribution in [3.05, 3.63) is 58.4 Å². The predicted octanol–water partition coefficient (Wildman–Crippen LogP) is 5.49. The van der Waals surface area contributed by atoms with Crippen LogP contribution in [0.15, 0.2) is 36.4 Å². The van der Waals surface area contributed by atoms with Crippen LogP contribution in [0.3, 0.4) is 0 Å². The van der Waals surface area contributed by atoms with Gasteiger partial charge in [0.1, 0.15) is 12.4 Å². The van der Waals surface area contributed by atoms with Crippen molar-refractivity contribution in [1.82, 2.24) is 5.32 Å². The summed E-state index contributed by atoms with van der Waals surface area (Å²) >= 11 is 6.11. The molecule has 140 valence electrons. The van der Waals surface area contributed by atoms with Gasteiger partial charge in [-0.15, -0.1) is 0 Å². The van der Waals surface area contributed by atoms with Crippen LogP contribution in [0, 0.1) is 5.82 Å². The molecular weight excluding hydrogens is 353 g/mol. The lowest BCUT2D eigenvalue weighted by atomic mass is 9.95. The maximum Gasteiger partial charge on any atom is 0.166 e. The van der Waals surface area contributed by atoms with Crippen molar-refractivity contribution >= 4 is 11.6 Å². The van der Waals surface area contributed by atoms with Crippen molar-refractivity contribution in [2.75, 3.05) is 7.11 Å². The van der Waals surface area contributed by atoms with Crippen LogP contribution >= 0.6 is 11.6 Å². The lowest BCUT2D eigenvalue weighted by molar-refractivity contribution is 0.279. The third kappa shape index (κ3) is 4.89. The van der Waals surface area contributed by atoms with E-state index < -0.39 is 0 Å². The number of para-hydroxylation sites is 1. The quantitative estimate of drug-likeness (QED) is 0.692. The van der Waals surface area contributed by atoms with Crippen LogP contribution in [0.2, 0.25) is 5.02 Å². The van der Waals surface area contributed by atoms with Crippen LogP contribution in [0.25, 0.3) is 0 Å². The van der Waals surface area contributed by atoms with E-state index in [1.807, 2.05) is 18.2 Å². The largest absolute Gasteiger partial charge is 0.493 e. The van der Waals surface area contributed by atoms with Crippen LogP contribution in [0.4, 0.5) is 4.39 Å². The highest BCUT2D eigenvalue weighted by Gasteiger charge is 2.16. The third-order valence-electron chi connectivity index (χ3n) is 4.85. The second-order valence-corrected chi connectivity index (χ2v) is 7.10. The molecule has 0 heterocycles. The second-order valence-electron chi connectivity index (χ2n) is 6.69. The smallest absolute Gasteiger partial charge is 0.166 e. The molecule has 1 saturated carbocycles. The average molecular weight is 378 g/mol. The summed E-state index contributed by atoms with van der Waals surface area (Å²) in [5.41, 5.74) is 1.79. The fourth-order valence-electron chi connectivity index (χ4n) is 3.37. The lowest BCUT2D eigenvalue weighted by Gasteiger charge is -2.24. The Morgan fingerprint density at radius 1 is 1.12 bits per heavy atom. The maximum atomic E-state index is 13.2. The molecule has 0 unspecified atom stereocenters. The molecule has 1 fully saturated rings. The van der Waals surface area contributed by atoms with E-state index in [1.54, 1.807) is 13.2 Å². The molecule has 2 aromatic rings. The number of ether oxygens (including phenoxy) is 2. The number of benzene rings is 2. The molecule has 1 aliphatic carbocycles. The number of methoxy groups -OCH3 is 1. The zero-order chi connectivity index (χ0) is 18.4. The van der Waals surface area contributed by atoms with Gasteiger partial charge < -0.3 is 14.8 Å². The highest BCUT2D eigenvalue weighted by atomic mass is 35.5. The summed E-state index contributed by atoms with van der Waals surface area (Å²) in [4.78, 5) is 0. The van der Waals surface area contributed by atoms with Crippen LogP contribution in [-0.2, 0) is 13.2 Å². The summed E-state index contributed by atoms with van der Waals surface area (Å²) in [5, 5.41) is 4.00. The summed E-state index contributed by atoms with van der Waals surface area (Å²) < 4.78 is 24.7. The van der Waals surface area contributed by atoms with Gasteiger partial charge in [-0.3, -0.25) is 0 Å². The van der Waals surface area contributed by atoms with Gasteiger partial charge >= 0.3 is 0 Å². The zero-order valence-electron chi connectivity index (χ0n) is 15.1. The Hall–Kier alpha value is -1.78. The van der Waals surface area contributed by atoms with Crippen LogP contribution in [-0.4, -0.2) is 13.2 Å². The van der Waals surface area contributed by atoms with Crippen molar-refractivity contribution < 1.29 is 13.9 Å². The first-order valence-corrected chi connectivity index (χ1v) is 9.51. The third-order valence-corrected chi connectivity index (χ3v) is 5.21. The minimum Gasteiger partial charge on any atom is -0.493 e. The van der Waals surface area contributed by atoms with Crippen molar-refractivity contribution in [3.63, 3.8) is 0 Å². The van der Waals surface area contributed by atoms with Gasteiger partial charge in [0.25, 0.3) is 0 Å². The minimum absolute atomic E-state index is 0.260. The fraction of sp³-hybridized carbons (Fsp3) is 0.429. The van der Waals surface area contributed by atoms with Gasteiger partial charge in [0.2, 0.25) is 0 Å². The Morgan fingerprint density at radius 2 is 1.92 bits per heavy atom. The van der Waals surface area contributed by atoms with E-state index in [-0.39, 0.29) is 12.4 Å². The van der Waals surface area contributed by atoms with Crippen molar-refractivity contribution in [2.24, 2.45) is 0 Å². The van der Waals surface area contributed by atoms with Gasteiger partial charge in [0, 0.05) is 23.7 Å². The first-order valence-electron chi connectivity index (χ1n) is 9.13. The Bertz CT molecular complexity index is 732. The molecule has 3 rings (SSSR count). The summed E-state index contributed by atoms with van der Waals surface area (Å²) in [5.74, 6) is 1.04. The van der Waals surface area contributed by atoms with Gasteiger partial charge in [-0.1, -0.05) is 49.1 Å². The normalized spacial score (nSPS) is 15.0. The van der Waals surface area contributed by atoms with Crippen molar-refractivity contribution in [1.29, 1.82) is 0 Å². The molecule has 0 radical (unpaired) electrons. The fourth-order valence-corrected chi connectivity index (χ4v) is 3.60. The molecule has 0 amide bonds. The molecule has 0 aromatic heterocycles. The Kier molecular flexibility index (Phi) is 6.75. The SMILES string of the molecule is COc1cccc(CNC2CCCCC2)c1OCc1ccc(F)cc1Cl. The van der Waals surface area contributed by atoms with Crippen LogP contribution < -0.4 is 14.8 Å². The lowest BCUT2D eigenvalue weighted by Crippen LogP contribution is -2.30. The molecule has 0 saturated heterocycles. The molecule has 1 aliphatic rings. The van der Waals surface area contributed by atoms with E-state index in [1.165, 1.54) is 44.2 Å². The Balaban J connectivity index is 1.71. The molecule has 0 aliphatic heterocycles. The van der Waals surface area contributed by atoms with Gasteiger partial charge in [0.05, 0.1) is 12.1 Å². The molecule has 3 nitrogen and oxygen atoms in total. The van der Waals surface area contributed by atoms with Gasteiger partial charge in [0.15, 0.2) is 11.5 Å². The number of nitrogens with one attached hydrogen (secondary N) is 1. The number of hydrogen-bond acceptors (Lipinski definition) is 3. The number of rotatable bonds is 7. The number of hydrogen-bond donors (Lipinski definition) is 1. The average Bonchev–Trinajstić information content (AvgIpc) is 2.66. The van der Waals surface area contributed by atoms with Crippen LogP contribution in [0.1, 0.15) is 43.2 Å². The minimum atomic E-state index is -0.353. The molecule has 2 aromatic carbocycles. The van der Waals surface area contributed by atoms with E-state index in [2.05, 4.69) is 5.32 Å². The second kappa shape index (κ2) is 9.24. The van der Waals surface area contributed by atoms with E-state index in [0.29, 0.717) is 22.6 Å². The highest BCUT2D eigenvalue weighted by Crippen LogP contribution is 2.33. The predicted molar refractivity (Wildman–Crippen MR) is 102 cm³/mol. The van der Waals surface area contributed by atoms with Gasteiger partial charge in [-0.05, 0) is 31.0 Å². The summed E-state index contributed by atoms with van der Waals surface area (Å²) in [6.45, 7) is 0.990. The molecule has 1 N–H and O–H groups in total. The van der Waals surface area contributed by atoms with E-state index >= 15 is 0 Å². The van der Waals surface area contributed by atoms with E-state index in [4.69, 9.17) is 21.1 Å². The monoisotopic (exact) mass is 377 g/mol. The first-order chi connectivity index (χ1) is 12.7.